The van der Waals surface area contributed by atoms with Crippen LogP contribution in [0.1, 0.15) is 37.7 Å². The van der Waals surface area contributed by atoms with Gasteiger partial charge < -0.3 is 5.73 Å². The number of nitrogen functional groups attached to an aromatic ring is 1. The Hall–Kier alpha value is -1.12. The summed E-state index contributed by atoms with van der Waals surface area (Å²) in [5.41, 5.74) is 7.63. The Morgan fingerprint density at radius 2 is 1.71 bits per heavy atom. The summed E-state index contributed by atoms with van der Waals surface area (Å²) in [5.74, 6) is -1.94. The maximum atomic E-state index is 13.0. The number of nitrogens with two attached hydrogens (primary N) is 1. The van der Waals surface area contributed by atoms with Gasteiger partial charge in [0.25, 0.3) is 0 Å². The Kier molecular flexibility index (Phi) is 3.65. The van der Waals surface area contributed by atoms with E-state index in [1.54, 1.807) is 0 Å². The first-order chi connectivity index (χ1) is 8.05. The minimum atomic E-state index is -2.41. The van der Waals surface area contributed by atoms with Crippen molar-refractivity contribution in [1.29, 1.82) is 0 Å². The zero-order chi connectivity index (χ0) is 12.3. The van der Waals surface area contributed by atoms with Crippen molar-refractivity contribution in [1.82, 2.24) is 0 Å². The number of alkyl halides is 2. The zero-order valence-electron chi connectivity index (χ0n) is 9.96. The molecular weight excluding hydrogens is 220 g/mol. The van der Waals surface area contributed by atoms with Crippen LogP contribution in [0.15, 0.2) is 24.3 Å². The van der Waals surface area contributed by atoms with Crippen LogP contribution >= 0.6 is 0 Å². The predicted octanol–water partition coefficient (Wildman–Crippen LogP) is 4.03. The van der Waals surface area contributed by atoms with E-state index in [4.69, 9.17) is 5.73 Å². The number of benzene rings is 1. The topological polar surface area (TPSA) is 26.0 Å². The van der Waals surface area contributed by atoms with Crippen LogP contribution in [0.3, 0.4) is 0 Å². The van der Waals surface area contributed by atoms with Crippen LogP contribution in [0.25, 0.3) is 0 Å². The molecule has 0 bridgehead atoms. The van der Waals surface area contributed by atoms with Gasteiger partial charge in [0.05, 0.1) is 0 Å². The van der Waals surface area contributed by atoms with Gasteiger partial charge >= 0.3 is 0 Å². The van der Waals surface area contributed by atoms with Crippen LogP contribution in [0.4, 0.5) is 14.5 Å². The van der Waals surface area contributed by atoms with Crippen LogP contribution < -0.4 is 5.73 Å². The highest BCUT2D eigenvalue weighted by molar-refractivity contribution is 5.39. The zero-order valence-corrected chi connectivity index (χ0v) is 9.96. The van der Waals surface area contributed by atoms with E-state index < -0.39 is 5.92 Å². The molecule has 2 N–H and O–H groups in total. The maximum absolute atomic E-state index is 13.0. The van der Waals surface area contributed by atoms with Crippen LogP contribution in [-0.4, -0.2) is 5.92 Å². The molecule has 0 heterocycles. The number of hydrogen-bond acceptors (Lipinski definition) is 1. The maximum Gasteiger partial charge on any atom is 0.248 e. The van der Waals surface area contributed by atoms with Crippen LogP contribution in [0, 0.1) is 5.92 Å². The van der Waals surface area contributed by atoms with Crippen molar-refractivity contribution >= 4 is 5.69 Å². The van der Waals surface area contributed by atoms with Crippen molar-refractivity contribution < 1.29 is 8.78 Å². The van der Waals surface area contributed by atoms with Gasteiger partial charge in [-0.05, 0) is 49.3 Å². The van der Waals surface area contributed by atoms with Crippen LogP contribution in [0.5, 0.6) is 0 Å². The van der Waals surface area contributed by atoms with E-state index in [2.05, 4.69) is 0 Å². The summed E-state index contributed by atoms with van der Waals surface area (Å²) in [7, 11) is 0. The lowest BCUT2D eigenvalue weighted by molar-refractivity contribution is -0.0464. The van der Waals surface area contributed by atoms with Gasteiger partial charge in [-0.2, -0.15) is 0 Å². The second-order valence-corrected chi connectivity index (χ2v) is 5.08. The molecule has 2 rings (SSSR count). The van der Waals surface area contributed by atoms with Gasteiger partial charge in [-0.25, -0.2) is 8.78 Å². The van der Waals surface area contributed by atoms with Gasteiger partial charge in [0, 0.05) is 18.5 Å². The average molecular weight is 239 g/mol. The standard InChI is InChI=1S/C14H19F2N/c15-14(16)9-7-12(8-10-14)2-1-11-3-5-13(17)6-4-11/h3-6,12H,1-2,7-10,17H2. The van der Waals surface area contributed by atoms with Crippen molar-refractivity contribution in [3.05, 3.63) is 29.8 Å². The lowest BCUT2D eigenvalue weighted by Gasteiger charge is -2.28. The molecular formula is C14H19F2N. The minimum Gasteiger partial charge on any atom is -0.399 e. The van der Waals surface area contributed by atoms with Crippen molar-refractivity contribution in [2.24, 2.45) is 5.92 Å². The quantitative estimate of drug-likeness (QED) is 0.792. The van der Waals surface area contributed by atoms with E-state index in [0.717, 1.165) is 18.5 Å². The third-order valence-electron chi connectivity index (χ3n) is 3.66. The summed E-state index contributed by atoms with van der Waals surface area (Å²) in [6.07, 6.45) is 3.46. The highest BCUT2D eigenvalue weighted by Gasteiger charge is 2.34. The van der Waals surface area contributed by atoms with Gasteiger partial charge in [0.2, 0.25) is 5.92 Å². The third-order valence-corrected chi connectivity index (χ3v) is 3.66. The SMILES string of the molecule is Nc1ccc(CCC2CCC(F)(F)CC2)cc1. The summed E-state index contributed by atoms with van der Waals surface area (Å²) >= 11 is 0. The summed E-state index contributed by atoms with van der Waals surface area (Å²) in [6.45, 7) is 0. The summed E-state index contributed by atoms with van der Waals surface area (Å²) in [6, 6.07) is 7.83. The lowest BCUT2D eigenvalue weighted by atomic mass is 9.83. The molecule has 94 valence electrons. The van der Waals surface area contributed by atoms with Crippen molar-refractivity contribution in [2.45, 2.75) is 44.4 Å². The normalized spacial score (nSPS) is 20.4. The molecule has 1 aliphatic rings. The molecule has 1 saturated carbocycles. The Morgan fingerprint density at radius 1 is 1.12 bits per heavy atom. The fourth-order valence-electron chi connectivity index (χ4n) is 2.44. The first kappa shape index (κ1) is 12.3. The van der Waals surface area contributed by atoms with Gasteiger partial charge in [-0.15, -0.1) is 0 Å². The Balaban J connectivity index is 1.78. The summed E-state index contributed by atoms with van der Waals surface area (Å²) in [5, 5.41) is 0. The molecule has 0 aliphatic heterocycles. The molecule has 0 saturated heterocycles. The molecule has 0 spiro atoms. The fourth-order valence-corrected chi connectivity index (χ4v) is 2.44. The molecule has 0 unspecified atom stereocenters. The predicted molar refractivity (Wildman–Crippen MR) is 66.1 cm³/mol. The lowest BCUT2D eigenvalue weighted by Crippen LogP contribution is -2.24. The fraction of sp³-hybridized carbons (Fsp3) is 0.571. The molecule has 1 aromatic rings. The summed E-state index contributed by atoms with van der Waals surface area (Å²) in [4.78, 5) is 0. The molecule has 1 aliphatic carbocycles. The first-order valence-corrected chi connectivity index (χ1v) is 6.27. The van der Waals surface area contributed by atoms with Crippen molar-refractivity contribution in [2.75, 3.05) is 5.73 Å². The number of anilines is 1. The third kappa shape index (κ3) is 3.69. The summed E-state index contributed by atoms with van der Waals surface area (Å²) < 4.78 is 25.9. The number of hydrogen-bond donors (Lipinski definition) is 1. The van der Waals surface area contributed by atoms with Gasteiger partial charge in [-0.3, -0.25) is 0 Å². The van der Waals surface area contributed by atoms with Crippen molar-refractivity contribution in [3.63, 3.8) is 0 Å². The Morgan fingerprint density at radius 3 is 2.29 bits per heavy atom. The highest BCUT2D eigenvalue weighted by atomic mass is 19.3. The van der Waals surface area contributed by atoms with E-state index in [-0.39, 0.29) is 12.8 Å². The number of aryl methyl sites for hydroxylation is 1. The largest absolute Gasteiger partial charge is 0.399 e. The van der Waals surface area contributed by atoms with Gasteiger partial charge in [-0.1, -0.05) is 12.1 Å². The second kappa shape index (κ2) is 5.03. The van der Waals surface area contributed by atoms with Crippen LogP contribution in [0.2, 0.25) is 0 Å². The van der Waals surface area contributed by atoms with E-state index in [1.165, 1.54) is 5.56 Å². The molecule has 0 radical (unpaired) electrons. The molecule has 1 nitrogen and oxygen atoms in total. The molecule has 17 heavy (non-hydrogen) atoms. The van der Waals surface area contributed by atoms with Crippen LogP contribution in [-0.2, 0) is 6.42 Å². The molecule has 0 aromatic heterocycles. The van der Waals surface area contributed by atoms with E-state index >= 15 is 0 Å². The molecule has 1 aromatic carbocycles. The Labute approximate surface area is 101 Å². The molecule has 3 heteroatoms. The second-order valence-electron chi connectivity index (χ2n) is 5.08. The van der Waals surface area contributed by atoms with Gasteiger partial charge in [0.1, 0.15) is 0 Å². The molecule has 1 fully saturated rings. The smallest absolute Gasteiger partial charge is 0.248 e. The van der Waals surface area contributed by atoms with E-state index in [9.17, 15) is 8.78 Å². The molecule has 0 atom stereocenters. The number of halogens is 2. The minimum absolute atomic E-state index is 0.0689. The number of rotatable bonds is 3. The monoisotopic (exact) mass is 239 g/mol. The highest BCUT2D eigenvalue weighted by Crippen LogP contribution is 2.37. The van der Waals surface area contributed by atoms with E-state index in [0.29, 0.717) is 18.8 Å². The molecule has 0 amide bonds. The Bertz CT molecular complexity index is 349. The van der Waals surface area contributed by atoms with Crippen molar-refractivity contribution in [3.8, 4) is 0 Å². The average Bonchev–Trinajstić information content (AvgIpc) is 2.30. The first-order valence-electron chi connectivity index (χ1n) is 6.27. The van der Waals surface area contributed by atoms with E-state index in [1.807, 2.05) is 24.3 Å². The van der Waals surface area contributed by atoms with Gasteiger partial charge in [0.15, 0.2) is 0 Å².